The van der Waals surface area contributed by atoms with E-state index in [4.69, 9.17) is 37.0 Å². The summed E-state index contributed by atoms with van der Waals surface area (Å²) in [5, 5.41) is 10.6. The average Bonchev–Trinajstić information content (AvgIpc) is 0.936. The summed E-state index contributed by atoms with van der Waals surface area (Å²) < 4.78 is 68.7. The number of carbonyl (C=O) groups is 4. The van der Waals surface area contributed by atoms with Crippen LogP contribution in [0.5, 0.6) is 0 Å². The number of aliphatic hydroxyl groups is 1. The Morgan fingerprint density at radius 2 is 0.420 bits per heavy atom. The van der Waals surface area contributed by atoms with Gasteiger partial charge in [-0.1, -0.05) is 364 Å². The fraction of sp³-hybridized carbons (Fsp3) is 0.951. The Hall–Kier alpha value is -1.94. The van der Waals surface area contributed by atoms with E-state index in [9.17, 15) is 43.2 Å². The summed E-state index contributed by atoms with van der Waals surface area (Å²) in [5.41, 5.74) is 0. The molecule has 0 aliphatic rings. The number of aliphatic hydroxyl groups excluding tert-OH is 1. The standard InChI is InChI=1S/C81H158O17P2/c1-71(2)57-49-41-33-26-20-15-13-11-9-10-12-14-16-23-29-37-45-53-61-78(83)91-67-76(97-80(85)63-55-47-38-30-24-18-17-21-27-34-42-50-58-72(3)4)69-95-99(87,88)93-65-75(82)66-94-100(89,90)96-70-77(68-92-79(84)62-54-46-40-32-36-44-52-60-74(7)8)98-81(86)64-56-48-39-31-25-19-22-28-35-43-51-59-73(5)6/h71-77,82H,9-70H2,1-8H3,(H,87,88)(H,89,90)/t75?,76-,77-/m1/s1. The molecule has 0 aromatic carbocycles. The molecule has 0 fully saturated rings. The quantitative estimate of drug-likeness (QED) is 0.0222. The minimum atomic E-state index is -4.96. The van der Waals surface area contributed by atoms with Crippen LogP contribution in [0.1, 0.15) is 415 Å². The Bertz CT molecular complexity index is 1950. The maximum absolute atomic E-state index is 13.1. The number of carbonyl (C=O) groups excluding carboxylic acids is 4. The third-order valence-electron chi connectivity index (χ3n) is 18.8. The fourth-order valence-corrected chi connectivity index (χ4v) is 14.0. The monoisotopic (exact) mass is 1470 g/mol. The molecule has 0 aromatic heterocycles. The lowest BCUT2D eigenvalue weighted by Gasteiger charge is -2.21. The van der Waals surface area contributed by atoms with Crippen molar-refractivity contribution in [3.63, 3.8) is 0 Å². The van der Waals surface area contributed by atoms with E-state index >= 15 is 0 Å². The second-order valence-electron chi connectivity index (χ2n) is 31.1. The molecule has 3 unspecified atom stereocenters. The molecule has 0 radical (unpaired) electrons. The van der Waals surface area contributed by atoms with E-state index in [-0.39, 0.29) is 25.7 Å². The predicted molar refractivity (Wildman–Crippen MR) is 409 cm³/mol. The van der Waals surface area contributed by atoms with Gasteiger partial charge in [-0.25, -0.2) is 9.13 Å². The second-order valence-corrected chi connectivity index (χ2v) is 34.0. The summed E-state index contributed by atoms with van der Waals surface area (Å²) in [6.45, 7) is 14.2. The zero-order valence-electron chi connectivity index (χ0n) is 65.8. The Morgan fingerprint density at radius 3 is 0.620 bits per heavy atom. The van der Waals surface area contributed by atoms with Gasteiger partial charge in [0.15, 0.2) is 12.2 Å². The summed E-state index contributed by atoms with van der Waals surface area (Å²) in [6, 6.07) is 0. The topological polar surface area (TPSA) is 237 Å². The predicted octanol–water partition coefficient (Wildman–Crippen LogP) is 24.0. The van der Waals surface area contributed by atoms with Crippen LogP contribution in [-0.2, 0) is 65.4 Å². The lowest BCUT2D eigenvalue weighted by Crippen LogP contribution is -2.30. The first kappa shape index (κ1) is 98.1. The highest BCUT2D eigenvalue weighted by Crippen LogP contribution is 2.45. The molecule has 0 amide bonds. The second kappa shape index (κ2) is 70.1. The Labute approximate surface area is 613 Å². The number of esters is 4. The molecule has 594 valence electrons. The summed E-state index contributed by atoms with van der Waals surface area (Å²) in [6.07, 6.45) is 57.0. The molecule has 0 rings (SSSR count). The minimum Gasteiger partial charge on any atom is -0.462 e. The maximum Gasteiger partial charge on any atom is 0.472 e. The van der Waals surface area contributed by atoms with Crippen molar-refractivity contribution >= 4 is 39.5 Å². The first-order valence-corrected chi connectivity index (χ1v) is 44.7. The molecule has 0 aromatic rings. The van der Waals surface area contributed by atoms with Crippen LogP contribution in [0, 0.1) is 23.7 Å². The van der Waals surface area contributed by atoms with Crippen LogP contribution in [-0.4, -0.2) is 96.7 Å². The van der Waals surface area contributed by atoms with Crippen LogP contribution in [0.4, 0.5) is 0 Å². The van der Waals surface area contributed by atoms with Crippen LogP contribution in [0.15, 0.2) is 0 Å². The Balaban J connectivity index is 5.21. The average molecular weight is 1470 g/mol. The third kappa shape index (κ3) is 74.3. The highest BCUT2D eigenvalue weighted by atomic mass is 31.2. The molecule has 0 bridgehead atoms. The fourth-order valence-electron chi connectivity index (χ4n) is 12.4. The van der Waals surface area contributed by atoms with E-state index in [0.29, 0.717) is 31.6 Å². The summed E-state index contributed by atoms with van der Waals surface area (Å²) in [7, 11) is -9.92. The van der Waals surface area contributed by atoms with Crippen LogP contribution < -0.4 is 0 Å². The lowest BCUT2D eigenvalue weighted by molar-refractivity contribution is -0.161. The molecule has 0 aliphatic carbocycles. The Morgan fingerprint density at radius 1 is 0.250 bits per heavy atom. The summed E-state index contributed by atoms with van der Waals surface area (Å²) >= 11 is 0. The van der Waals surface area contributed by atoms with E-state index in [1.807, 2.05) is 0 Å². The van der Waals surface area contributed by atoms with E-state index in [2.05, 4.69) is 55.4 Å². The van der Waals surface area contributed by atoms with Crippen molar-refractivity contribution < 1.29 is 80.2 Å². The highest BCUT2D eigenvalue weighted by Gasteiger charge is 2.30. The van der Waals surface area contributed by atoms with E-state index in [1.54, 1.807) is 0 Å². The largest absolute Gasteiger partial charge is 0.472 e. The van der Waals surface area contributed by atoms with Crippen LogP contribution in [0.25, 0.3) is 0 Å². The van der Waals surface area contributed by atoms with Crippen LogP contribution in [0.2, 0.25) is 0 Å². The van der Waals surface area contributed by atoms with Gasteiger partial charge in [-0.05, 0) is 49.4 Å². The van der Waals surface area contributed by atoms with Gasteiger partial charge in [0.1, 0.15) is 19.3 Å². The van der Waals surface area contributed by atoms with Crippen molar-refractivity contribution in [3.8, 4) is 0 Å². The van der Waals surface area contributed by atoms with Gasteiger partial charge in [0.25, 0.3) is 0 Å². The van der Waals surface area contributed by atoms with Crippen molar-refractivity contribution in [1.29, 1.82) is 0 Å². The molecule has 3 N–H and O–H groups in total. The van der Waals surface area contributed by atoms with Gasteiger partial charge < -0.3 is 33.8 Å². The number of hydrogen-bond acceptors (Lipinski definition) is 15. The lowest BCUT2D eigenvalue weighted by atomic mass is 10.0. The normalized spacial score (nSPS) is 14.0. The zero-order chi connectivity index (χ0) is 73.8. The molecule has 0 saturated heterocycles. The van der Waals surface area contributed by atoms with Gasteiger partial charge in [-0.3, -0.25) is 37.3 Å². The van der Waals surface area contributed by atoms with Gasteiger partial charge in [0.2, 0.25) is 0 Å². The summed E-state index contributed by atoms with van der Waals surface area (Å²) in [4.78, 5) is 73.0. The van der Waals surface area contributed by atoms with Crippen molar-refractivity contribution in [2.24, 2.45) is 23.7 Å². The molecule has 0 spiro atoms. The molecular formula is C81H158O17P2. The molecule has 0 saturated carbocycles. The van der Waals surface area contributed by atoms with Crippen molar-refractivity contribution in [2.75, 3.05) is 39.6 Å². The number of rotatable bonds is 78. The number of hydrogen-bond donors (Lipinski definition) is 3. The van der Waals surface area contributed by atoms with Crippen molar-refractivity contribution in [1.82, 2.24) is 0 Å². The van der Waals surface area contributed by atoms with E-state index < -0.39 is 97.5 Å². The van der Waals surface area contributed by atoms with E-state index in [1.165, 1.54) is 212 Å². The summed E-state index contributed by atoms with van der Waals surface area (Å²) in [5.74, 6) is 0.955. The van der Waals surface area contributed by atoms with Gasteiger partial charge >= 0.3 is 39.5 Å². The van der Waals surface area contributed by atoms with Crippen LogP contribution >= 0.6 is 15.6 Å². The van der Waals surface area contributed by atoms with Crippen LogP contribution in [0.3, 0.4) is 0 Å². The first-order chi connectivity index (χ1) is 48.1. The van der Waals surface area contributed by atoms with Gasteiger partial charge in [0, 0.05) is 25.7 Å². The highest BCUT2D eigenvalue weighted by molar-refractivity contribution is 7.47. The molecule has 17 nitrogen and oxygen atoms in total. The third-order valence-corrected chi connectivity index (χ3v) is 20.7. The molecule has 19 heteroatoms. The van der Waals surface area contributed by atoms with Gasteiger partial charge in [-0.2, -0.15) is 0 Å². The maximum atomic E-state index is 13.1. The van der Waals surface area contributed by atoms with Gasteiger partial charge in [-0.15, -0.1) is 0 Å². The molecule has 0 heterocycles. The van der Waals surface area contributed by atoms with Crippen molar-refractivity contribution in [2.45, 2.75) is 433 Å². The zero-order valence-corrected chi connectivity index (χ0v) is 67.6. The molecule has 0 aliphatic heterocycles. The molecular weight excluding hydrogens is 1310 g/mol. The van der Waals surface area contributed by atoms with Crippen molar-refractivity contribution in [3.05, 3.63) is 0 Å². The van der Waals surface area contributed by atoms with E-state index in [0.717, 1.165) is 114 Å². The number of unbranched alkanes of at least 4 members (excludes halogenated alkanes) is 44. The first-order valence-electron chi connectivity index (χ1n) is 41.7. The van der Waals surface area contributed by atoms with Gasteiger partial charge in [0.05, 0.1) is 26.4 Å². The minimum absolute atomic E-state index is 0.105. The Kier molecular flexibility index (Phi) is 68.7. The number of ether oxygens (including phenoxy) is 4. The molecule has 5 atom stereocenters. The smallest absolute Gasteiger partial charge is 0.462 e. The SMILES string of the molecule is CC(C)CCCCCCCCCCCCCCCCCCCCC(=O)OC[C@H](COP(=O)(O)OCC(O)COP(=O)(O)OC[C@@H](COC(=O)CCCCCCCCCC(C)C)OC(=O)CCCCCCCCCCCCCC(C)C)OC(=O)CCCCCCCCCCCCCCC(C)C. The number of phosphoric ester groups is 2. The molecule has 100 heavy (non-hydrogen) atoms. The number of phosphoric acid groups is 2.